The number of tetrazole rings is 1. The number of hydrogen-bond donors (Lipinski definition) is 1. The summed E-state index contributed by atoms with van der Waals surface area (Å²) in [6.45, 7) is 0.790. The molecule has 1 aliphatic heterocycles. The van der Waals surface area contributed by atoms with Crippen LogP contribution < -0.4 is 9.80 Å². The Morgan fingerprint density at radius 3 is 3.22 bits per heavy atom. The highest BCUT2D eigenvalue weighted by molar-refractivity contribution is 7.16. The first-order valence-electron chi connectivity index (χ1n) is 7.21. The molecule has 3 aromatic rings. The molecule has 0 aromatic carbocycles. The number of nitrogens with one attached hydrogen (secondary N) is 1. The second-order valence-corrected chi connectivity index (χ2v) is 6.19. The van der Waals surface area contributed by atoms with Crippen LogP contribution >= 0.6 is 11.3 Å². The largest absolute Gasteiger partial charge is 0.344 e. The second-order valence-electron chi connectivity index (χ2n) is 5.30. The maximum Gasteiger partial charge on any atom is 0.272 e. The van der Waals surface area contributed by atoms with E-state index >= 15 is 0 Å². The standard InChI is InChI=1S/C13H14N8OS/c1-20(13-16-18-19-17-13)12(22)9-3-2-5-21(9)10-8-4-6-23-11(8)15-7-14-10/h4,6-7,9H,2-3,5H2,1H3,(H,16,17,18,19). The van der Waals surface area contributed by atoms with Crippen molar-refractivity contribution < 1.29 is 4.79 Å². The van der Waals surface area contributed by atoms with E-state index in [0.717, 1.165) is 35.4 Å². The number of carbonyl (C=O) groups excluding carboxylic acids is 1. The molecule has 1 fully saturated rings. The van der Waals surface area contributed by atoms with Crippen LogP contribution in [0.5, 0.6) is 0 Å². The second kappa shape index (κ2) is 5.54. The lowest BCUT2D eigenvalue weighted by atomic mass is 10.2. The van der Waals surface area contributed by atoms with Crippen molar-refractivity contribution in [3.63, 3.8) is 0 Å². The monoisotopic (exact) mass is 330 g/mol. The first-order chi connectivity index (χ1) is 11.3. The molecule has 4 rings (SSSR count). The Labute approximate surface area is 135 Å². The van der Waals surface area contributed by atoms with Gasteiger partial charge in [0, 0.05) is 13.6 Å². The van der Waals surface area contributed by atoms with Gasteiger partial charge in [-0.2, -0.15) is 5.21 Å². The Morgan fingerprint density at radius 2 is 2.39 bits per heavy atom. The molecule has 10 heteroatoms. The van der Waals surface area contributed by atoms with Gasteiger partial charge in [0.2, 0.25) is 0 Å². The van der Waals surface area contributed by atoms with E-state index in [4.69, 9.17) is 0 Å². The molecule has 118 valence electrons. The predicted molar refractivity (Wildman–Crippen MR) is 85.4 cm³/mol. The van der Waals surface area contributed by atoms with Crippen molar-refractivity contribution in [3.05, 3.63) is 17.8 Å². The number of thiophene rings is 1. The maximum atomic E-state index is 12.8. The highest BCUT2D eigenvalue weighted by Crippen LogP contribution is 2.32. The van der Waals surface area contributed by atoms with Gasteiger partial charge in [-0.15, -0.1) is 16.4 Å². The Balaban J connectivity index is 1.66. The van der Waals surface area contributed by atoms with Gasteiger partial charge in [-0.25, -0.2) is 9.97 Å². The summed E-state index contributed by atoms with van der Waals surface area (Å²) in [4.78, 5) is 25.9. The molecular weight excluding hydrogens is 316 g/mol. The van der Waals surface area contributed by atoms with Crippen LogP contribution in [0, 0.1) is 0 Å². The summed E-state index contributed by atoms with van der Waals surface area (Å²) < 4.78 is 0. The molecule has 4 heterocycles. The van der Waals surface area contributed by atoms with Crippen LogP contribution in [0.25, 0.3) is 10.2 Å². The topological polar surface area (TPSA) is 104 Å². The summed E-state index contributed by atoms with van der Waals surface area (Å²) in [5.41, 5.74) is 0. The average Bonchev–Trinajstić information content (AvgIpc) is 3.33. The molecular formula is C13H14N8OS. The number of aromatic amines is 1. The molecule has 9 nitrogen and oxygen atoms in total. The summed E-state index contributed by atoms with van der Waals surface area (Å²) in [6, 6.07) is 1.72. The van der Waals surface area contributed by atoms with Crippen LogP contribution in [0.1, 0.15) is 12.8 Å². The van der Waals surface area contributed by atoms with Crippen LogP contribution in [-0.4, -0.2) is 56.1 Å². The third kappa shape index (κ3) is 2.31. The SMILES string of the molecule is CN(C(=O)C1CCCN1c1ncnc2sccc12)c1nn[nH]n1. The Kier molecular flexibility index (Phi) is 3.37. The highest BCUT2D eigenvalue weighted by Gasteiger charge is 2.35. The summed E-state index contributed by atoms with van der Waals surface area (Å²) >= 11 is 1.57. The van der Waals surface area contributed by atoms with Crippen LogP contribution in [0.15, 0.2) is 17.8 Å². The smallest absolute Gasteiger partial charge is 0.272 e. The van der Waals surface area contributed by atoms with Gasteiger partial charge in [-0.3, -0.25) is 9.69 Å². The first kappa shape index (κ1) is 14.0. The van der Waals surface area contributed by atoms with Crippen molar-refractivity contribution in [1.82, 2.24) is 30.6 Å². The molecule has 1 unspecified atom stereocenters. The van der Waals surface area contributed by atoms with Gasteiger partial charge in [0.05, 0.1) is 5.39 Å². The molecule has 1 N–H and O–H groups in total. The summed E-state index contributed by atoms with van der Waals surface area (Å²) in [5.74, 6) is 1.02. The number of likely N-dealkylation sites (N-methyl/N-ethyl adjacent to an activating group) is 1. The zero-order valence-electron chi connectivity index (χ0n) is 12.4. The Morgan fingerprint density at radius 1 is 1.48 bits per heavy atom. The summed E-state index contributed by atoms with van der Waals surface area (Å²) in [7, 11) is 1.66. The maximum absolute atomic E-state index is 12.8. The van der Waals surface area contributed by atoms with Crippen molar-refractivity contribution in [2.75, 3.05) is 23.4 Å². The molecule has 23 heavy (non-hydrogen) atoms. The zero-order chi connectivity index (χ0) is 15.8. The fourth-order valence-corrected chi connectivity index (χ4v) is 3.63. The zero-order valence-corrected chi connectivity index (χ0v) is 13.2. The van der Waals surface area contributed by atoms with Crippen molar-refractivity contribution in [2.45, 2.75) is 18.9 Å². The van der Waals surface area contributed by atoms with Crippen molar-refractivity contribution in [3.8, 4) is 0 Å². The third-order valence-corrected chi connectivity index (χ3v) is 4.84. The molecule has 0 saturated carbocycles. The molecule has 1 amide bonds. The Hall–Kier alpha value is -2.62. The normalized spacial score (nSPS) is 17.8. The number of nitrogens with zero attached hydrogens (tertiary/aromatic N) is 7. The van der Waals surface area contributed by atoms with Crippen molar-refractivity contribution in [1.29, 1.82) is 0 Å². The van der Waals surface area contributed by atoms with Gasteiger partial charge in [-0.05, 0) is 29.5 Å². The average molecular weight is 330 g/mol. The van der Waals surface area contributed by atoms with Crippen LogP contribution in [-0.2, 0) is 4.79 Å². The fraction of sp³-hybridized carbons (Fsp3) is 0.385. The number of H-pyrrole nitrogens is 1. The molecule has 0 aliphatic carbocycles. The van der Waals surface area contributed by atoms with Crippen LogP contribution in [0.3, 0.4) is 0 Å². The highest BCUT2D eigenvalue weighted by atomic mass is 32.1. The van der Waals surface area contributed by atoms with Crippen molar-refractivity contribution >= 4 is 39.2 Å². The van der Waals surface area contributed by atoms with E-state index in [-0.39, 0.29) is 17.9 Å². The van der Waals surface area contributed by atoms with Crippen LogP contribution in [0.4, 0.5) is 11.8 Å². The fourth-order valence-electron chi connectivity index (χ4n) is 2.90. The lowest BCUT2D eigenvalue weighted by Crippen LogP contribution is -2.45. The van der Waals surface area contributed by atoms with E-state index in [1.54, 1.807) is 24.7 Å². The van der Waals surface area contributed by atoms with Crippen molar-refractivity contribution in [2.24, 2.45) is 0 Å². The molecule has 0 spiro atoms. The van der Waals surface area contributed by atoms with Crippen LogP contribution in [0.2, 0.25) is 0 Å². The predicted octanol–water partition coefficient (Wildman–Crippen LogP) is 0.836. The van der Waals surface area contributed by atoms with E-state index < -0.39 is 0 Å². The number of aromatic nitrogens is 6. The van der Waals surface area contributed by atoms with Gasteiger partial charge in [0.1, 0.15) is 23.0 Å². The summed E-state index contributed by atoms with van der Waals surface area (Å²) in [5, 5.41) is 16.6. The first-order valence-corrected chi connectivity index (χ1v) is 8.09. The minimum Gasteiger partial charge on any atom is -0.344 e. The number of amides is 1. The van der Waals surface area contributed by atoms with E-state index in [9.17, 15) is 4.79 Å². The van der Waals surface area contributed by atoms with E-state index in [2.05, 4.69) is 35.5 Å². The Bertz CT molecular complexity index is 831. The molecule has 1 saturated heterocycles. The molecule has 1 aliphatic rings. The summed E-state index contributed by atoms with van der Waals surface area (Å²) in [6.07, 6.45) is 3.26. The number of carbonyl (C=O) groups is 1. The van der Waals surface area contributed by atoms with Gasteiger partial charge in [-0.1, -0.05) is 5.10 Å². The number of fused-ring (bicyclic) bond motifs is 1. The van der Waals surface area contributed by atoms with Gasteiger partial charge in [0.25, 0.3) is 11.9 Å². The number of anilines is 2. The molecule has 1 atom stereocenters. The molecule has 3 aromatic heterocycles. The third-order valence-electron chi connectivity index (χ3n) is 4.02. The minimum atomic E-state index is -0.281. The molecule has 0 bridgehead atoms. The number of rotatable bonds is 3. The van der Waals surface area contributed by atoms with E-state index in [1.165, 1.54) is 4.90 Å². The minimum absolute atomic E-state index is 0.0640. The lowest BCUT2D eigenvalue weighted by Gasteiger charge is -2.27. The van der Waals surface area contributed by atoms with E-state index in [0.29, 0.717) is 0 Å². The lowest BCUT2D eigenvalue weighted by molar-refractivity contribution is -0.119. The van der Waals surface area contributed by atoms with Gasteiger partial charge < -0.3 is 4.90 Å². The van der Waals surface area contributed by atoms with Gasteiger partial charge in [0.15, 0.2) is 0 Å². The number of hydrogen-bond acceptors (Lipinski definition) is 8. The van der Waals surface area contributed by atoms with E-state index in [1.807, 2.05) is 11.4 Å². The quantitative estimate of drug-likeness (QED) is 0.758. The molecule has 0 radical (unpaired) electrons. The van der Waals surface area contributed by atoms with Gasteiger partial charge >= 0.3 is 0 Å².